The molecule has 1 aromatic heterocycles. The molecule has 5 heteroatoms. The highest BCUT2D eigenvalue weighted by Crippen LogP contribution is 2.17. The van der Waals surface area contributed by atoms with Crippen LogP contribution in [0.25, 0.3) is 0 Å². The minimum atomic E-state index is 0.231. The Morgan fingerprint density at radius 2 is 2.06 bits per heavy atom. The van der Waals surface area contributed by atoms with E-state index in [9.17, 15) is 0 Å². The number of aromatic nitrogens is 2. The summed E-state index contributed by atoms with van der Waals surface area (Å²) in [6.07, 6.45) is 2.38. The monoisotopic (exact) mass is 250 g/mol. The van der Waals surface area contributed by atoms with Gasteiger partial charge in [-0.2, -0.15) is 0 Å². The summed E-state index contributed by atoms with van der Waals surface area (Å²) >= 11 is 0. The Morgan fingerprint density at radius 1 is 1.39 bits per heavy atom. The zero-order valence-electron chi connectivity index (χ0n) is 11.6. The third-order valence-corrected chi connectivity index (χ3v) is 3.14. The molecule has 5 nitrogen and oxygen atoms in total. The van der Waals surface area contributed by atoms with E-state index in [1.807, 2.05) is 20.2 Å². The van der Waals surface area contributed by atoms with Crippen molar-refractivity contribution in [3.05, 3.63) is 17.5 Å². The molecule has 0 spiro atoms. The maximum Gasteiger partial charge on any atom is 0.225 e. The molecule has 2 heterocycles. The minimum Gasteiger partial charge on any atom is -0.372 e. The fraction of sp³-hybridized carbons (Fsp3) is 0.692. The Kier molecular flexibility index (Phi) is 4.14. The van der Waals surface area contributed by atoms with Crippen molar-refractivity contribution in [1.29, 1.82) is 0 Å². The Hall–Kier alpha value is -1.20. The first-order chi connectivity index (χ1) is 8.60. The topological polar surface area (TPSA) is 50.3 Å². The molecule has 1 aliphatic rings. The van der Waals surface area contributed by atoms with E-state index >= 15 is 0 Å². The van der Waals surface area contributed by atoms with Crippen molar-refractivity contribution >= 4 is 5.95 Å². The SMILES string of the molecule is CNCc1cnc(N2C[C@@H](C)O[C@@H](C)C2)nc1C. The van der Waals surface area contributed by atoms with E-state index in [0.717, 1.165) is 36.8 Å². The first kappa shape index (κ1) is 13.2. The van der Waals surface area contributed by atoms with Crippen LogP contribution in [-0.4, -0.2) is 42.3 Å². The summed E-state index contributed by atoms with van der Waals surface area (Å²) in [5, 5.41) is 3.12. The summed E-state index contributed by atoms with van der Waals surface area (Å²) in [5.74, 6) is 0.814. The van der Waals surface area contributed by atoms with Crippen LogP contribution < -0.4 is 10.2 Å². The number of ether oxygens (including phenoxy) is 1. The Morgan fingerprint density at radius 3 is 2.61 bits per heavy atom. The van der Waals surface area contributed by atoms with Crippen LogP contribution in [0.2, 0.25) is 0 Å². The van der Waals surface area contributed by atoms with Crippen LogP contribution in [-0.2, 0) is 11.3 Å². The van der Waals surface area contributed by atoms with Crippen LogP contribution in [0.3, 0.4) is 0 Å². The van der Waals surface area contributed by atoms with Gasteiger partial charge in [-0.3, -0.25) is 0 Å². The van der Waals surface area contributed by atoms with Crippen LogP contribution in [0.1, 0.15) is 25.1 Å². The highest BCUT2D eigenvalue weighted by atomic mass is 16.5. The number of morpholine rings is 1. The van der Waals surface area contributed by atoms with E-state index < -0.39 is 0 Å². The average molecular weight is 250 g/mol. The lowest BCUT2D eigenvalue weighted by Crippen LogP contribution is -2.46. The first-order valence-corrected chi connectivity index (χ1v) is 6.47. The zero-order valence-corrected chi connectivity index (χ0v) is 11.6. The van der Waals surface area contributed by atoms with Crippen LogP contribution in [0.5, 0.6) is 0 Å². The maximum atomic E-state index is 5.72. The second-order valence-corrected chi connectivity index (χ2v) is 4.97. The summed E-state index contributed by atoms with van der Waals surface area (Å²) in [4.78, 5) is 11.3. The van der Waals surface area contributed by atoms with Crippen molar-refractivity contribution in [3.8, 4) is 0 Å². The molecule has 0 unspecified atom stereocenters. The van der Waals surface area contributed by atoms with E-state index in [0.29, 0.717) is 0 Å². The molecule has 1 aliphatic heterocycles. The third kappa shape index (κ3) is 2.97. The van der Waals surface area contributed by atoms with Crippen LogP contribution in [0.4, 0.5) is 5.95 Å². The molecule has 18 heavy (non-hydrogen) atoms. The van der Waals surface area contributed by atoms with Gasteiger partial charge in [0.25, 0.3) is 0 Å². The number of hydrogen-bond donors (Lipinski definition) is 1. The lowest BCUT2D eigenvalue weighted by atomic mass is 10.2. The van der Waals surface area contributed by atoms with Crippen LogP contribution >= 0.6 is 0 Å². The van der Waals surface area contributed by atoms with Gasteiger partial charge in [-0.15, -0.1) is 0 Å². The van der Waals surface area contributed by atoms with Crippen LogP contribution in [0.15, 0.2) is 6.20 Å². The van der Waals surface area contributed by atoms with E-state index in [-0.39, 0.29) is 12.2 Å². The van der Waals surface area contributed by atoms with Crippen molar-refractivity contribution in [1.82, 2.24) is 15.3 Å². The van der Waals surface area contributed by atoms with Crippen LogP contribution in [0, 0.1) is 6.92 Å². The third-order valence-electron chi connectivity index (χ3n) is 3.14. The largest absolute Gasteiger partial charge is 0.372 e. The van der Waals surface area contributed by atoms with Crippen molar-refractivity contribution in [2.75, 3.05) is 25.0 Å². The summed E-state index contributed by atoms with van der Waals surface area (Å²) < 4.78 is 5.72. The smallest absolute Gasteiger partial charge is 0.225 e. The standard InChI is InChI=1S/C13H22N4O/c1-9-7-17(8-10(2)18-9)13-15-6-12(5-14-4)11(3)16-13/h6,9-10,14H,5,7-8H2,1-4H3/t9-,10+. The minimum absolute atomic E-state index is 0.231. The van der Waals surface area contributed by atoms with Gasteiger partial charge in [0, 0.05) is 37.1 Å². The van der Waals surface area contributed by atoms with Gasteiger partial charge in [-0.25, -0.2) is 9.97 Å². The molecule has 0 aliphatic carbocycles. The number of hydrogen-bond acceptors (Lipinski definition) is 5. The Balaban J connectivity index is 2.15. The molecule has 0 amide bonds. The molecular weight excluding hydrogens is 228 g/mol. The van der Waals surface area contributed by atoms with E-state index in [4.69, 9.17) is 4.74 Å². The molecule has 0 aromatic carbocycles. The molecule has 100 valence electrons. The molecule has 0 radical (unpaired) electrons. The summed E-state index contributed by atoms with van der Waals surface area (Å²) in [7, 11) is 1.93. The lowest BCUT2D eigenvalue weighted by Gasteiger charge is -2.35. The molecule has 1 aromatic rings. The molecule has 1 N–H and O–H groups in total. The van der Waals surface area contributed by atoms with Gasteiger partial charge in [-0.1, -0.05) is 0 Å². The van der Waals surface area contributed by atoms with Gasteiger partial charge < -0.3 is 15.0 Å². The molecule has 1 saturated heterocycles. The number of nitrogens with zero attached hydrogens (tertiary/aromatic N) is 3. The first-order valence-electron chi connectivity index (χ1n) is 6.47. The lowest BCUT2D eigenvalue weighted by molar-refractivity contribution is -0.00573. The maximum absolute atomic E-state index is 5.72. The molecule has 2 rings (SSSR count). The number of rotatable bonds is 3. The summed E-state index contributed by atoms with van der Waals surface area (Å²) in [6, 6.07) is 0. The zero-order chi connectivity index (χ0) is 13.1. The number of nitrogens with one attached hydrogen (secondary N) is 1. The van der Waals surface area contributed by atoms with Crippen molar-refractivity contribution in [2.24, 2.45) is 0 Å². The fourth-order valence-electron chi connectivity index (χ4n) is 2.34. The molecule has 2 atom stereocenters. The van der Waals surface area contributed by atoms with Gasteiger partial charge in [0.05, 0.1) is 12.2 Å². The van der Waals surface area contributed by atoms with Gasteiger partial charge >= 0.3 is 0 Å². The van der Waals surface area contributed by atoms with Gasteiger partial charge in [0.2, 0.25) is 5.95 Å². The van der Waals surface area contributed by atoms with Crippen molar-refractivity contribution < 1.29 is 4.74 Å². The highest BCUT2D eigenvalue weighted by molar-refractivity contribution is 5.34. The van der Waals surface area contributed by atoms with Gasteiger partial charge in [0.1, 0.15) is 0 Å². The predicted molar refractivity (Wildman–Crippen MR) is 71.8 cm³/mol. The van der Waals surface area contributed by atoms with E-state index in [1.165, 1.54) is 0 Å². The molecular formula is C13H22N4O. The number of aryl methyl sites for hydroxylation is 1. The van der Waals surface area contributed by atoms with Gasteiger partial charge in [-0.05, 0) is 27.8 Å². The fourth-order valence-corrected chi connectivity index (χ4v) is 2.34. The van der Waals surface area contributed by atoms with E-state index in [1.54, 1.807) is 0 Å². The Bertz CT molecular complexity index is 400. The summed E-state index contributed by atoms with van der Waals surface area (Å²) in [5.41, 5.74) is 2.19. The molecule has 0 saturated carbocycles. The highest BCUT2D eigenvalue weighted by Gasteiger charge is 2.24. The molecule has 0 bridgehead atoms. The molecule has 1 fully saturated rings. The van der Waals surface area contributed by atoms with Crippen molar-refractivity contribution in [3.63, 3.8) is 0 Å². The summed E-state index contributed by atoms with van der Waals surface area (Å²) in [6.45, 7) is 8.73. The predicted octanol–water partition coefficient (Wildman–Crippen LogP) is 1.12. The van der Waals surface area contributed by atoms with Crippen molar-refractivity contribution in [2.45, 2.75) is 39.5 Å². The second-order valence-electron chi connectivity index (χ2n) is 4.97. The second kappa shape index (κ2) is 5.63. The quantitative estimate of drug-likeness (QED) is 0.871. The van der Waals surface area contributed by atoms with Gasteiger partial charge in [0.15, 0.2) is 0 Å². The van der Waals surface area contributed by atoms with E-state index in [2.05, 4.69) is 34.0 Å². The average Bonchev–Trinajstić information content (AvgIpc) is 2.30. The number of anilines is 1. The Labute approximate surface area is 109 Å². The normalized spacial score (nSPS) is 24.3.